The second-order valence-electron chi connectivity index (χ2n) is 3.10. The molecule has 3 heteroatoms. The van der Waals surface area contributed by atoms with Crippen LogP contribution in [-0.2, 0) is 11.2 Å². The van der Waals surface area contributed by atoms with Crippen molar-refractivity contribution >= 4 is 11.3 Å². The van der Waals surface area contributed by atoms with Crippen molar-refractivity contribution in [3.63, 3.8) is 0 Å². The van der Waals surface area contributed by atoms with E-state index in [4.69, 9.17) is 4.74 Å². The van der Waals surface area contributed by atoms with Gasteiger partial charge >= 0.3 is 0 Å². The molecule has 0 aliphatic heterocycles. The molecule has 0 saturated carbocycles. The second-order valence-corrected chi connectivity index (χ2v) is 3.99. The van der Waals surface area contributed by atoms with E-state index in [0.717, 1.165) is 30.2 Å². The number of aryl methyl sites for hydroxylation is 1. The lowest BCUT2D eigenvalue weighted by atomic mass is 10.2. The summed E-state index contributed by atoms with van der Waals surface area (Å²) in [6.07, 6.45) is 4.03. The Bertz CT molecular complexity index is 283. The van der Waals surface area contributed by atoms with Crippen molar-refractivity contribution in [1.29, 1.82) is 0 Å². The Kier molecular flexibility index (Phi) is 4.84. The molecule has 0 aromatic carbocycles. The zero-order valence-corrected chi connectivity index (χ0v) is 9.64. The molecule has 0 aliphatic rings. The Hall–Kier alpha value is -0.670. The van der Waals surface area contributed by atoms with Crippen molar-refractivity contribution < 1.29 is 4.74 Å². The maximum absolute atomic E-state index is 5.47. The predicted octanol–water partition coefficient (Wildman–Crippen LogP) is 3.36. The summed E-state index contributed by atoms with van der Waals surface area (Å²) in [5.41, 5.74) is 1.15. The number of nitrogens with zero attached hydrogens (tertiary/aromatic N) is 1. The van der Waals surface area contributed by atoms with Crippen LogP contribution >= 0.6 is 11.3 Å². The van der Waals surface area contributed by atoms with E-state index in [1.807, 2.05) is 19.9 Å². The van der Waals surface area contributed by atoms with Gasteiger partial charge in [-0.2, -0.15) is 0 Å². The van der Waals surface area contributed by atoms with Crippen LogP contribution in [0.4, 0.5) is 0 Å². The first-order chi connectivity index (χ1) is 6.77. The molecule has 0 fully saturated rings. The second kappa shape index (κ2) is 5.94. The van der Waals surface area contributed by atoms with Gasteiger partial charge in [-0.25, -0.2) is 4.98 Å². The van der Waals surface area contributed by atoms with Crippen molar-refractivity contribution in [2.45, 2.75) is 32.8 Å². The average molecular weight is 211 g/mol. The van der Waals surface area contributed by atoms with Gasteiger partial charge < -0.3 is 4.74 Å². The summed E-state index contributed by atoms with van der Waals surface area (Å²) in [5.74, 6) is 0. The highest BCUT2D eigenvalue weighted by Crippen LogP contribution is 2.21. The quantitative estimate of drug-likeness (QED) is 0.673. The molecule has 0 saturated heterocycles. The van der Waals surface area contributed by atoms with Crippen LogP contribution in [0.15, 0.2) is 18.0 Å². The molecule has 1 aromatic rings. The van der Waals surface area contributed by atoms with Crippen molar-refractivity contribution in [2.75, 3.05) is 6.61 Å². The fourth-order valence-corrected chi connectivity index (χ4v) is 2.05. The summed E-state index contributed by atoms with van der Waals surface area (Å²) in [4.78, 5) is 4.51. The zero-order chi connectivity index (χ0) is 10.4. The molecule has 1 heterocycles. The zero-order valence-electron chi connectivity index (χ0n) is 8.82. The van der Waals surface area contributed by atoms with Gasteiger partial charge in [-0.15, -0.1) is 17.9 Å². The fraction of sp³-hybridized carbons (Fsp3) is 0.545. The lowest BCUT2D eigenvalue weighted by Gasteiger charge is -2.06. The minimum absolute atomic E-state index is 0.127. The normalized spacial score (nSPS) is 12.7. The molecule has 0 aliphatic carbocycles. The number of hydrogen-bond acceptors (Lipinski definition) is 3. The van der Waals surface area contributed by atoms with Gasteiger partial charge in [0, 0.05) is 12.0 Å². The molecule has 2 nitrogen and oxygen atoms in total. The Balaban J connectivity index is 2.53. The largest absolute Gasteiger partial charge is 0.372 e. The van der Waals surface area contributed by atoms with Gasteiger partial charge in [-0.1, -0.05) is 6.08 Å². The summed E-state index contributed by atoms with van der Waals surface area (Å²) in [6.45, 7) is 8.48. The van der Waals surface area contributed by atoms with Crippen molar-refractivity contribution in [3.8, 4) is 0 Å². The lowest BCUT2D eigenvalue weighted by Crippen LogP contribution is -1.99. The van der Waals surface area contributed by atoms with E-state index in [0.29, 0.717) is 0 Å². The highest BCUT2D eigenvalue weighted by molar-refractivity contribution is 7.09. The number of allylic oxidation sites excluding steroid dienone is 1. The summed E-state index contributed by atoms with van der Waals surface area (Å²) in [6, 6.07) is 0. The molecule has 14 heavy (non-hydrogen) atoms. The van der Waals surface area contributed by atoms with Gasteiger partial charge in [0.05, 0.1) is 5.69 Å². The minimum atomic E-state index is 0.127. The first kappa shape index (κ1) is 11.4. The van der Waals surface area contributed by atoms with E-state index >= 15 is 0 Å². The highest BCUT2D eigenvalue weighted by Gasteiger charge is 2.09. The van der Waals surface area contributed by atoms with Gasteiger partial charge in [-0.3, -0.25) is 0 Å². The van der Waals surface area contributed by atoms with Crippen LogP contribution in [0.1, 0.15) is 37.1 Å². The summed E-state index contributed by atoms with van der Waals surface area (Å²) >= 11 is 1.68. The molecule has 0 radical (unpaired) electrons. The number of ether oxygens (including phenoxy) is 1. The lowest BCUT2D eigenvalue weighted by molar-refractivity contribution is 0.0761. The standard InChI is InChI=1S/C11H17NOS/c1-4-6-7-10-8-14-11(12-10)9(3)13-5-2/h4,8-9H,1,5-7H2,2-3H3/t9-/m0/s1. The van der Waals surface area contributed by atoms with E-state index in [2.05, 4.69) is 16.9 Å². The Labute approximate surface area is 89.6 Å². The van der Waals surface area contributed by atoms with Gasteiger partial charge in [0.15, 0.2) is 0 Å². The molecule has 78 valence electrons. The van der Waals surface area contributed by atoms with Gasteiger partial charge in [0.25, 0.3) is 0 Å². The average Bonchev–Trinajstić information content (AvgIpc) is 2.63. The predicted molar refractivity (Wildman–Crippen MR) is 60.7 cm³/mol. The van der Waals surface area contributed by atoms with Crippen molar-refractivity contribution in [3.05, 3.63) is 28.7 Å². The smallest absolute Gasteiger partial charge is 0.121 e. The third-order valence-corrected chi connectivity index (χ3v) is 2.99. The van der Waals surface area contributed by atoms with E-state index in [1.165, 1.54) is 0 Å². The van der Waals surface area contributed by atoms with Crippen LogP contribution in [-0.4, -0.2) is 11.6 Å². The monoisotopic (exact) mass is 211 g/mol. The van der Waals surface area contributed by atoms with E-state index < -0.39 is 0 Å². The molecule has 0 bridgehead atoms. The van der Waals surface area contributed by atoms with E-state index in [9.17, 15) is 0 Å². The third kappa shape index (κ3) is 3.24. The van der Waals surface area contributed by atoms with Crippen LogP contribution in [0.25, 0.3) is 0 Å². The fourth-order valence-electron chi connectivity index (χ4n) is 1.20. The summed E-state index contributed by atoms with van der Waals surface area (Å²) in [7, 11) is 0. The molecule has 1 rings (SSSR count). The number of aromatic nitrogens is 1. The van der Waals surface area contributed by atoms with Crippen molar-refractivity contribution in [1.82, 2.24) is 4.98 Å². The SMILES string of the molecule is C=CCCc1csc([C@H](C)OCC)n1. The molecule has 0 amide bonds. The maximum Gasteiger partial charge on any atom is 0.121 e. The highest BCUT2D eigenvalue weighted by atomic mass is 32.1. The van der Waals surface area contributed by atoms with Gasteiger partial charge in [0.1, 0.15) is 11.1 Å². The van der Waals surface area contributed by atoms with Crippen LogP contribution in [0.5, 0.6) is 0 Å². The molecule has 0 unspecified atom stereocenters. The Morgan fingerprint density at radius 3 is 3.14 bits per heavy atom. The molecule has 1 aromatic heterocycles. The maximum atomic E-state index is 5.47. The third-order valence-electron chi connectivity index (χ3n) is 1.94. The Morgan fingerprint density at radius 2 is 2.50 bits per heavy atom. The van der Waals surface area contributed by atoms with Crippen molar-refractivity contribution in [2.24, 2.45) is 0 Å². The van der Waals surface area contributed by atoms with Crippen LogP contribution in [0, 0.1) is 0 Å². The van der Waals surface area contributed by atoms with Crippen LogP contribution in [0.3, 0.4) is 0 Å². The molecular weight excluding hydrogens is 194 g/mol. The Morgan fingerprint density at radius 1 is 1.71 bits per heavy atom. The molecular formula is C11H17NOS. The van der Waals surface area contributed by atoms with Crippen LogP contribution in [0.2, 0.25) is 0 Å². The molecule has 0 N–H and O–H groups in total. The first-order valence-electron chi connectivity index (χ1n) is 4.94. The number of rotatable bonds is 6. The topological polar surface area (TPSA) is 22.1 Å². The first-order valence-corrected chi connectivity index (χ1v) is 5.82. The van der Waals surface area contributed by atoms with E-state index in [-0.39, 0.29) is 6.10 Å². The summed E-state index contributed by atoms with van der Waals surface area (Å²) < 4.78 is 5.47. The summed E-state index contributed by atoms with van der Waals surface area (Å²) in [5, 5.41) is 3.18. The van der Waals surface area contributed by atoms with Gasteiger partial charge in [0.2, 0.25) is 0 Å². The number of thiazole rings is 1. The molecule has 0 spiro atoms. The van der Waals surface area contributed by atoms with E-state index in [1.54, 1.807) is 11.3 Å². The van der Waals surface area contributed by atoms with Gasteiger partial charge in [-0.05, 0) is 26.7 Å². The van der Waals surface area contributed by atoms with Crippen LogP contribution < -0.4 is 0 Å². The minimum Gasteiger partial charge on any atom is -0.372 e. The number of hydrogen-bond donors (Lipinski definition) is 0. The molecule has 1 atom stereocenters.